The molecule has 1 atom stereocenters. The number of nitrogens with zero attached hydrogens (tertiary/aromatic N) is 3. The predicted octanol–water partition coefficient (Wildman–Crippen LogP) is 1.61. The second kappa shape index (κ2) is 8.69. The molecule has 0 radical (unpaired) electrons. The lowest BCUT2D eigenvalue weighted by atomic mass is 10.1. The Morgan fingerprint density at radius 3 is 2.92 bits per heavy atom. The Morgan fingerprint density at radius 2 is 2.12 bits per heavy atom. The van der Waals surface area contributed by atoms with Gasteiger partial charge in [0.15, 0.2) is 0 Å². The molecule has 2 amide bonds. The molecule has 144 valence electrons. The number of nitrogens with one attached hydrogen (secondary N) is 1. The van der Waals surface area contributed by atoms with Crippen molar-refractivity contribution in [3.05, 3.63) is 21.9 Å². The average molecular weight is 379 g/mol. The summed E-state index contributed by atoms with van der Waals surface area (Å²) in [5.41, 5.74) is 1.47. The van der Waals surface area contributed by atoms with Gasteiger partial charge in [-0.1, -0.05) is 0 Å². The molecule has 7 heteroatoms. The number of carbonyl (C=O) groups is 1. The molecule has 3 aliphatic rings. The summed E-state index contributed by atoms with van der Waals surface area (Å²) in [6.45, 7) is 9.28. The van der Waals surface area contributed by atoms with Gasteiger partial charge in [0.25, 0.3) is 0 Å². The van der Waals surface area contributed by atoms with Crippen LogP contribution in [0.4, 0.5) is 4.79 Å². The third-order valence-corrected chi connectivity index (χ3v) is 6.76. The van der Waals surface area contributed by atoms with E-state index in [0.717, 1.165) is 71.9 Å². The molecule has 3 aliphatic heterocycles. The number of hydrogen-bond donors (Lipinski definition) is 1. The van der Waals surface area contributed by atoms with Crippen LogP contribution >= 0.6 is 11.3 Å². The Hall–Kier alpha value is -1.15. The summed E-state index contributed by atoms with van der Waals surface area (Å²) in [4.78, 5) is 20.8. The smallest absolute Gasteiger partial charge is 0.317 e. The van der Waals surface area contributed by atoms with Crippen molar-refractivity contribution >= 4 is 17.4 Å². The minimum atomic E-state index is 0.0926. The molecule has 2 fully saturated rings. The number of amides is 2. The first kappa shape index (κ1) is 18.2. The minimum absolute atomic E-state index is 0.0926. The van der Waals surface area contributed by atoms with Crippen LogP contribution in [0, 0.1) is 0 Å². The van der Waals surface area contributed by atoms with Gasteiger partial charge in [-0.2, -0.15) is 0 Å². The predicted molar refractivity (Wildman–Crippen MR) is 104 cm³/mol. The lowest BCUT2D eigenvalue weighted by Crippen LogP contribution is -2.53. The summed E-state index contributed by atoms with van der Waals surface area (Å²) < 4.78 is 5.72. The molecule has 0 spiro atoms. The van der Waals surface area contributed by atoms with Crippen molar-refractivity contribution in [1.29, 1.82) is 0 Å². The van der Waals surface area contributed by atoms with E-state index in [4.69, 9.17) is 4.74 Å². The van der Waals surface area contributed by atoms with Crippen LogP contribution in [0.5, 0.6) is 0 Å². The molecule has 0 aromatic carbocycles. The second-order valence-electron chi connectivity index (χ2n) is 7.55. The Kier molecular flexibility index (Phi) is 6.09. The molecule has 0 aliphatic carbocycles. The van der Waals surface area contributed by atoms with Gasteiger partial charge in [-0.3, -0.25) is 9.80 Å². The van der Waals surface area contributed by atoms with E-state index in [0.29, 0.717) is 6.10 Å². The van der Waals surface area contributed by atoms with Crippen molar-refractivity contribution in [2.45, 2.75) is 31.9 Å². The molecule has 1 unspecified atom stereocenters. The maximum Gasteiger partial charge on any atom is 0.317 e. The first-order chi connectivity index (χ1) is 12.8. The molecule has 0 bridgehead atoms. The van der Waals surface area contributed by atoms with Gasteiger partial charge >= 0.3 is 6.03 Å². The highest BCUT2D eigenvalue weighted by atomic mass is 32.1. The normalized spacial score (nSPS) is 24.6. The SMILES string of the molecule is O=C(NCCN1CCc2sccc2C1)N1CCN(CC2CCCO2)CC1. The van der Waals surface area contributed by atoms with Gasteiger partial charge in [0.1, 0.15) is 0 Å². The monoisotopic (exact) mass is 378 g/mol. The van der Waals surface area contributed by atoms with Crippen molar-refractivity contribution in [3.63, 3.8) is 0 Å². The molecule has 1 aromatic heterocycles. The molecule has 2 saturated heterocycles. The first-order valence-corrected chi connectivity index (χ1v) is 10.8. The quantitative estimate of drug-likeness (QED) is 0.846. The maximum atomic E-state index is 12.4. The van der Waals surface area contributed by atoms with Crippen LogP contribution in [0.2, 0.25) is 0 Å². The fourth-order valence-corrected chi connectivity index (χ4v) is 5.03. The number of piperazine rings is 1. The highest BCUT2D eigenvalue weighted by molar-refractivity contribution is 7.10. The zero-order valence-corrected chi connectivity index (χ0v) is 16.3. The molecular weight excluding hydrogens is 348 g/mol. The van der Waals surface area contributed by atoms with Crippen molar-refractivity contribution in [3.8, 4) is 0 Å². The fourth-order valence-electron chi connectivity index (χ4n) is 4.14. The van der Waals surface area contributed by atoms with Crippen molar-refractivity contribution < 1.29 is 9.53 Å². The fraction of sp³-hybridized carbons (Fsp3) is 0.737. The average Bonchev–Trinajstić information content (AvgIpc) is 3.33. The van der Waals surface area contributed by atoms with Crippen LogP contribution < -0.4 is 5.32 Å². The van der Waals surface area contributed by atoms with E-state index < -0.39 is 0 Å². The van der Waals surface area contributed by atoms with E-state index in [1.807, 2.05) is 16.2 Å². The van der Waals surface area contributed by atoms with E-state index in [1.165, 1.54) is 23.3 Å². The summed E-state index contributed by atoms with van der Waals surface area (Å²) in [7, 11) is 0. The van der Waals surface area contributed by atoms with Crippen molar-refractivity contribution in [1.82, 2.24) is 20.0 Å². The molecule has 6 nitrogen and oxygen atoms in total. The van der Waals surface area contributed by atoms with Crippen LogP contribution in [-0.2, 0) is 17.7 Å². The van der Waals surface area contributed by atoms with E-state index in [1.54, 1.807) is 0 Å². The molecule has 4 rings (SSSR count). The summed E-state index contributed by atoms with van der Waals surface area (Å²) in [6.07, 6.45) is 3.93. The van der Waals surface area contributed by atoms with Gasteiger partial charge in [0.05, 0.1) is 6.10 Å². The standard InChI is InChI=1S/C19H30N4O2S/c24-19(20-5-7-21-6-3-18-16(14-21)4-13-26-18)23-10-8-22(9-11-23)15-17-2-1-12-25-17/h4,13,17H,1-3,5-12,14-15H2,(H,20,24). The maximum absolute atomic E-state index is 12.4. The zero-order valence-electron chi connectivity index (χ0n) is 15.5. The largest absolute Gasteiger partial charge is 0.377 e. The number of hydrogen-bond acceptors (Lipinski definition) is 5. The van der Waals surface area contributed by atoms with Crippen LogP contribution in [0.25, 0.3) is 0 Å². The summed E-state index contributed by atoms with van der Waals surface area (Å²) >= 11 is 1.87. The Morgan fingerprint density at radius 1 is 1.23 bits per heavy atom. The van der Waals surface area contributed by atoms with E-state index in [2.05, 4.69) is 26.6 Å². The first-order valence-electron chi connectivity index (χ1n) is 9.92. The van der Waals surface area contributed by atoms with Crippen molar-refractivity contribution in [2.24, 2.45) is 0 Å². The van der Waals surface area contributed by atoms with Crippen molar-refractivity contribution in [2.75, 3.05) is 59.0 Å². The Balaban J connectivity index is 1.12. The van der Waals surface area contributed by atoms with Crippen LogP contribution in [0.15, 0.2) is 11.4 Å². The molecule has 26 heavy (non-hydrogen) atoms. The van der Waals surface area contributed by atoms with E-state index in [9.17, 15) is 4.79 Å². The van der Waals surface area contributed by atoms with E-state index in [-0.39, 0.29) is 6.03 Å². The molecular formula is C19H30N4O2S. The third kappa shape index (κ3) is 4.57. The van der Waals surface area contributed by atoms with Crippen LogP contribution in [-0.4, -0.2) is 85.8 Å². The number of carbonyl (C=O) groups excluding carboxylic acids is 1. The molecule has 1 N–H and O–H groups in total. The molecule has 0 saturated carbocycles. The lowest BCUT2D eigenvalue weighted by Gasteiger charge is -2.35. The summed E-state index contributed by atoms with van der Waals surface area (Å²) in [5.74, 6) is 0. The van der Waals surface area contributed by atoms with Crippen LogP contribution in [0.1, 0.15) is 23.3 Å². The van der Waals surface area contributed by atoms with Gasteiger partial charge in [-0.05, 0) is 36.3 Å². The van der Waals surface area contributed by atoms with Gasteiger partial charge in [0, 0.05) is 70.4 Å². The summed E-state index contributed by atoms with van der Waals surface area (Å²) in [5, 5.41) is 5.30. The topological polar surface area (TPSA) is 48.1 Å². The number of thiophene rings is 1. The van der Waals surface area contributed by atoms with Gasteiger partial charge < -0.3 is 15.0 Å². The number of rotatable bonds is 5. The third-order valence-electron chi connectivity index (χ3n) is 5.74. The van der Waals surface area contributed by atoms with E-state index >= 15 is 0 Å². The van der Waals surface area contributed by atoms with Gasteiger partial charge in [0.2, 0.25) is 0 Å². The zero-order chi connectivity index (χ0) is 17.8. The highest BCUT2D eigenvalue weighted by Gasteiger charge is 2.25. The Labute approximate surface area is 160 Å². The highest BCUT2D eigenvalue weighted by Crippen LogP contribution is 2.23. The van der Waals surface area contributed by atoms with Gasteiger partial charge in [-0.15, -0.1) is 11.3 Å². The molecule has 4 heterocycles. The Bertz CT molecular complexity index is 594. The lowest BCUT2D eigenvalue weighted by molar-refractivity contribution is 0.0560. The number of ether oxygens (including phenoxy) is 1. The molecule has 1 aromatic rings. The number of fused-ring (bicyclic) bond motifs is 1. The minimum Gasteiger partial charge on any atom is -0.377 e. The van der Waals surface area contributed by atoms with Gasteiger partial charge in [-0.25, -0.2) is 4.79 Å². The van der Waals surface area contributed by atoms with Crippen LogP contribution in [0.3, 0.4) is 0 Å². The summed E-state index contributed by atoms with van der Waals surface area (Å²) in [6, 6.07) is 2.33. The second-order valence-corrected chi connectivity index (χ2v) is 8.55. The number of urea groups is 1.